The van der Waals surface area contributed by atoms with Crippen LogP contribution in [0.2, 0.25) is 0 Å². The summed E-state index contributed by atoms with van der Waals surface area (Å²) in [7, 11) is 3.06. The summed E-state index contributed by atoms with van der Waals surface area (Å²) in [6, 6.07) is 35.5. The second-order valence-electron chi connectivity index (χ2n) is 15.8. The summed E-state index contributed by atoms with van der Waals surface area (Å²) < 4.78 is 11.0. The van der Waals surface area contributed by atoms with Crippen molar-refractivity contribution < 1.29 is 14.3 Å². The molecule has 2 aliphatic rings. The first-order valence-electron chi connectivity index (χ1n) is 19.2. The summed E-state index contributed by atoms with van der Waals surface area (Å²) in [5, 5.41) is 0. The molecule has 0 unspecified atom stereocenters. The van der Waals surface area contributed by atoms with Gasteiger partial charge in [-0.25, -0.2) is 4.79 Å². The number of benzene rings is 3. The van der Waals surface area contributed by atoms with Crippen LogP contribution < -0.4 is 4.74 Å². The minimum absolute atomic E-state index is 0.229. The summed E-state index contributed by atoms with van der Waals surface area (Å²) >= 11 is 0. The molecule has 0 saturated heterocycles. The van der Waals surface area contributed by atoms with Crippen molar-refractivity contribution in [3.63, 3.8) is 0 Å². The van der Waals surface area contributed by atoms with E-state index < -0.39 is 0 Å². The number of nitrogens with zero attached hydrogens (tertiary/aromatic N) is 2. The molecule has 5 heterocycles. The molecule has 3 aromatic carbocycles. The predicted molar refractivity (Wildman–Crippen MR) is 230 cm³/mol. The van der Waals surface area contributed by atoms with Crippen molar-refractivity contribution in [2.75, 3.05) is 14.2 Å². The van der Waals surface area contributed by atoms with E-state index in [9.17, 15) is 4.79 Å². The maximum atomic E-state index is 12.0. The Hall–Kier alpha value is -7.27. The highest BCUT2D eigenvalue weighted by molar-refractivity contribution is 5.89. The van der Waals surface area contributed by atoms with E-state index in [2.05, 4.69) is 104 Å². The van der Waals surface area contributed by atoms with Gasteiger partial charge in [0.2, 0.25) is 0 Å². The third kappa shape index (κ3) is 8.01. The van der Waals surface area contributed by atoms with Crippen LogP contribution in [0.3, 0.4) is 0 Å². The molecule has 7 nitrogen and oxygen atoms in total. The zero-order valence-electron chi connectivity index (χ0n) is 33.4. The zero-order valence-corrected chi connectivity index (χ0v) is 33.4. The molecule has 8 bridgehead atoms. The SMILES string of the molecule is COC(=O)c1ccc(C#Cc2cc3cc4nc(c(OC)c5[nH]c(cc6nc(cc2[nH]3)CC6(C)C)cc5C#Cc2ccc(C#Cc3ccccc3)cc2)CC4(C)C)cc1. The smallest absolute Gasteiger partial charge is 0.337 e. The highest BCUT2D eigenvalue weighted by Crippen LogP contribution is 2.38. The number of carbonyl (C=O) groups is 1. The molecule has 3 aromatic heterocycles. The number of ether oxygens (including phenoxy) is 2. The van der Waals surface area contributed by atoms with Crippen LogP contribution in [-0.4, -0.2) is 40.1 Å². The van der Waals surface area contributed by atoms with Crippen molar-refractivity contribution in [1.29, 1.82) is 0 Å². The Bertz CT molecular complexity index is 2930. The van der Waals surface area contributed by atoms with Crippen LogP contribution in [-0.2, 0) is 28.4 Å². The summed E-state index contributed by atoms with van der Waals surface area (Å²) in [5.41, 5.74) is 12.3. The van der Waals surface area contributed by atoms with Gasteiger partial charge in [0.25, 0.3) is 0 Å². The maximum absolute atomic E-state index is 12.0. The fourth-order valence-corrected chi connectivity index (χ4v) is 7.24. The van der Waals surface area contributed by atoms with Gasteiger partial charge in [-0.05, 0) is 91.0 Å². The molecule has 284 valence electrons. The molecule has 0 saturated carbocycles. The Morgan fingerprint density at radius 3 is 1.78 bits per heavy atom. The van der Waals surface area contributed by atoms with E-state index in [0.717, 1.165) is 84.6 Å². The molecule has 58 heavy (non-hydrogen) atoms. The molecule has 2 aliphatic heterocycles. The van der Waals surface area contributed by atoms with E-state index in [1.165, 1.54) is 7.11 Å². The number of aromatic nitrogens is 4. The lowest BCUT2D eigenvalue weighted by molar-refractivity contribution is 0.0600. The first-order valence-corrected chi connectivity index (χ1v) is 19.2. The molecule has 0 spiro atoms. The number of esters is 1. The quantitative estimate of drug-likeness (QED) is 0.136. The van der Waals surface area contributed by atoms with Gasteiger partial charge in [0, 0.05) is 74.0 Å². The number of aromatic amines is 2. The second kappa shape index (κ2) is 15.3. The Kier molecular flexibility index (Phi) is 9.96. The average molecular weight is 759 g/mol. The Morgan fingerprint density at radius 2 is 1.14 bits per heavy atom. The largest absolute Gasteiger partial charge is 0.493 e. The van der Waals surface area contributed by atoms with Gasteiger partial charge in [-0.2, -0.15) is 0 Å². The number of hydrogen-bond donors (Lipinski definition) is 2. The first-order chi connectivity index (χ1) is 28.0. The lowest BCUT2D eigenvalue weighted by atomic mass is 9.87. The number of nitrogens with one attached hydrogen (secondary N) is 2. The van der Waals surface area contributed by atoms with E-state index in [1.807, 2.05) is 66.7 Å². The van der Waals surface area contributed by atoms with Crippen molar-refractivity contribution >= 4 is 28.0 Å². The van der Waals surface area contributed by atoms with E-state index in [4.69, 9.17) is 19.4 Å². The number of carbonyl (C=O) groups excluding carboxylic acids is 1. The van der Waals surface area contributed by atoms with Crippen molar-refractivity contribution in [3.05, 3.63) is 171 Å². The highest BCUT2D eigenvalue weighted by atomic mass is 16.5. The first kappa shape index (κ1) is 37.6. The standard InChI is InChI=1S/C51H42N4O3/c1-50(2)31-42-28-43-38(24-20-36-18-22-37(23-19-36)49(56)58-6)26-40(52-43)29-46-51(3,4)32-44(55-46)48(57-5)47-39(27-41(54-47)30-45(50)53-42)25-21-35-16-14-34(15-17-35)13-12-33-10-8-7-9-11-33/h7-11,14-19,22-23,26-30,52,54H,31-32H2,1-6H3. The third-order valence-corrected chi connectivity index (χ3v) is 10.4. The maximum Gasteiger partial charge on any atom is 0.337 e. The molecular formula is C51H42N4O3. The lowest BCUT2D eigenvalue weighted by Gasteiger charge is -2.16. The van der Waals surface area contributed by atoms with Gasteiger partial charge in [0.1, 0.15) is 0 Å². The minimum atomic E-state index is -0.381. The van der Waals surface area contributed by atoms with Gasteiger partial charge >= 0.3 is 5.97 Å². The second-order valence-corrected chi connectivity index (χ2v) is 15.8. The van der Waals surface area contributed by atoms with Gasteiger partial charge in [-0.3, -0.25) is 9.97 Å². The van der Waals surface area contributed by atoms with E-state index in [0.29, 0.717) is 17.7 Å². The van der Waals surface area contributed by atoms with Crippen molar-refractivity contribution in [2.24, 2.45) is 0 Å². The topological polar surface area (TPSA) is 92.9 Å². The molecule has 0 aliphatic carbocycles. The third-order valence-electron chi connectivity index (χ3n) is 10.4. The minimum Gasteiger partial charge on any atom is -0.493 e. The van der Waals surface area contributed by atoms with E-state index >= 15 is 0 Å². The number of H-pyrrole nitrogens is 2. The van der Waals surface area contributed by atoms with E-state index in [-0.39, 0.29) is 16.8 Å². The van der Waals surface area contributed by atoms with Crippen LogP contribution in [0.25, 0.3) is 22.1 Å². The fourth-order valence-electron chi connectivity index (χ4n) is 7.24. The van der Waals surface area contributed by atoms with E-state index in [1.54, 1.807) is 19.2 Å². The summed E-state index contributed by atoms with van der Waals surface area (Å²) in [4.78, 5) is 29.6. The molecule has 0 atom stereocenters. The molecule has 0 radical (unpaired) electrons. The van der Waals surface area contributed by atoms with Crippen molar-refractivity contribution in [3.8, 4) is 41.3 Å². The zero-order chi connectivity index (χ0) is 40.4. The molecule has 8 rings (SSSR count). The van der Waals surface area contributed by atoms with Crippen LogP contribution in [0.1, 0.15) is 94.2 Å². The monoisotopic (exact) mass is 758 g/mol. The van der Waals surface area contributed by atoms with Crippen LogP contribution >= 0.6 is 0 Å². The van der Waals surface area contributed by atoms with Gasteiger partial charge in [-0.1, -0.05) is 81.4 Å². The Balaban J connectivity index is 1.26. The molecule has 0 fully saturated rings. The molecule has 2 N–H and O–H groups in total. The molecule has 7 heteroatoms. The van der Waals surface area contributed by atoms with Crippen LogP contribution in [0.15, 0.2) is 109 Å². The predicted octanol–water partition coefficient (Wildman–Crippen LogP) is 9.35. The van der Waals surface area contributed by atoms with Crippen LogP contribution in [0, 0.1) is 35.5 Å². The van der Waals surface area contributed by atoms with Gasteiger partial charge in [-0.15, -0.1) is 0 Å². The Labute approximate surface area is 338 Å². The lowest BCUT2D eigenvalue weighted by Crippen LogP contribution is -2.15. The summed E-state index contributed by atoms with van der Waals surface area (Å²) in [5.74, 6) is 20.2. The number of methoxy groups -OCH3 is 2. The molecule has 0 amide bonds. The summed E-state index contributed by atoms with van der Waals surface area (Å²) in [6.07, 6.45) is 1.42. The fraction of sp³-hybridized carbons (Fsp3) is 0.196. The Morgan fingerprint density at radius 1 is 0.603 bits per heavy atom. The number of fused-ring (bicyclic) bond motifs is 8. The average Bonchev–Trinajstić information content (AvgIpc) is 3.95. The summed E-state index contributed by atoms with van der Waals surface area (Å²) in [6.45, 7) is 8.81. The number of rotatable bonds is 2. The number of hydrogen-bond acceptors (Lipinski definition) is 5. The van der Waals surface area contributed by atoms with Crippen molar-refractivity contribution in [2.45, 2.75) is 51.4 Å². The van der Waals surface area contributed by atoms with Gasteiger partial charge in [0.05, 0.1) is 47.6 Å². The molecule has 6 aromatic rings. The normalized spacial score (nSPS) is 13.5. The molecular weight excluding hydrogens is 717 g/mol. The van der Waals surface area contributed by atoms with Gasteiger partial charge in [0.15, 0.2) is 5.75 Å². The highest BCUT2D eigenvalue weighted by Gasteiger charge is 2.32. The van der Waals surface area contributed by atoms with Crippen LogP contribution in [0.4, 0.5) is 0 Å². The van der Waals surface area contributed by atoms with Crippen molar-refractivity contribution in [1.82, 2.24) is 19.9 Å². The van der Waals surface area contributed by atoms with Crippen LogP contribution in [0.5, 0.6) is 5.75 Å². The van der Waals surface area contributed by atoms with Gasteiger partial charge < -0.3 is 19.4 Å².